The van der Waals surface area contributed by atoms with E-state index in [-0.39, 0.29) is 21.7 Å². The van der Waals surface area contributed by atoms with Crippen LogP contribution in [0.3, 0.4) is 0 Å². The van der Waals surface area contributed by atoms with Gasteiger partial charge in [-0.25, -0.2) is 0 Å². The molecule has 0 aliphatic carbocycles. The number of rotatable bonds is 12. The second kappa shape index (κ2) is 29.2. The van der Waals surface area contributed by atoms with Crippen molar-refractivity contribution >= 4 is 16.6 Å². The maximum Gasteiger partial charge on any atom is 0.188 e. The smallest absolute Gasteiger partial charge is 0.188 e. The van der Waals surface area contributed by atoms with Crippen molar-refractivity contribution in [3.8, 4) is 0 Å². The van der Waals surface area contributed by atoms with Crippen molar-refractivity contribution in [2.75, 3.05) is 14.2 Å². The minimum atomic E-state index is -1.75. The Hall–Kier alpha value is 0.988. The first-order valence-corrected chi connectivity index (χ1v) is 15.8. The van der Waals surface area contributed by atoms with Crippen LogP contribution in [0.5, 0.6) is 0 Å². The molecule has 168 valence electrons. The predicted molar refractivity (Wildman–Crippen MR) is 123 cm³/mol. The quantitative estimate of drug-likeness (QED) is 0.289. The Bertz CT molecular complexity index is 190. The first-order valence-electron chi connectivity index (χ1n) is 10.7. The molecule has 0 radical (unpaired) electrons. The summed E-state index contributed by atoms with van der Waals surface area (Å²) < 4.78 is 0. The predicted octanol–water partition coefficient (Wildman–Crippen LogP) is 5.52. The molecule has 0 spiro atoms. The van der Waals surface area contributed by atoms with Crippen LogP contribution >= 0.6 is 0 Å². The van der Waals surface area contributed by atoms with Crippen molar-refractivity contribution in [1.29, 1.82) is 0 Å². The SMILES string of the molecule is CCC[Si](O)(CCC)CCC.CCC[Si](O)(CCC)CCC.CO.CO.[Ti]. The van der Waals surface area contributed by atoms with Crippen LogP contribution in [-0.2, 0) is 21.7 Å². The molecule has 0 unspecified atom stereocenters. The summed E-state index contributed by atoms with van der Waals surface area (Å²) in [5, 5.41) is 14.0. The Labute approximate surface area is 188 Å². The van der Waals surface area contributed by atoms with Crippen molar-refractivity contribution < 1.29 is 41.5 Å². The van der Waals surface area contributed by atoms with Crippen LogP contribution in [0.25, 0.3) is 0 Å². The zero-order valence-corrected chi connectivity index (χ0v) is 23.3. The van der Waals surface area contributed by atoms with Crippen LogP contribution in [0.15, 0.2) is 0 Å². The molecule has 0 bridgehead atoms. The zero-order valence-electron chi connectivity index (χ0n) is 19.8. The second-order valence-corrected chi connectivity index (χ2v) is 14.8. The summed E-state index contributed by atoms with van der Waals surface area (Å²) in [7, 11) is -1.50. The van der Waals surface area contributed by atoms with E-state index in [4.69, 9.17) is 10.2 Å². The third kappa shape index (κ3) is 27.0. The van der Waals surface area contributed by atoms with Gasteiger partial charge in [0.05, 0.1) is 0 Å². The zero-order chi connectivity index (χ0) is 21.5. The van der Waals surface area contributed by atoms with Gasteiger partial charge in [0, 0.05) is 35.9 Å². The monoisotopic (exact) mass is 460 g/mol. The van der Waals surface area contributed by atoms with E-state index in [1.165, 1.54) is 0 Å². The van der Waals surface area contributed by atoms with Crippen molar-refractivity contribution in [1.82, 2.24) is 0 Å². The molecular formula is C20H52O4Si2Ti. The van der Waals surface area contributed by atoms with Gasteiger partial charge in [-0.3, -0.25) is 0 Å². The van der Waals surface area contributed by atoms with E-state index in [0.717, 1.165) is 89.0 Å². The standard InChI is InChI=1S/2C9H22OSi.2CH4O.Ti/c2*1-4-7-11(10,8-5-2)9-6-3;2*1-2;/h2*10H,4-9H2,1-3H3;2*2H,1H3;. The molecule has 0 aromatic heterocycles. The molecule has 0 atom stereocenters. The van der Waals surface area contributed by atoms with E-state index in [0.29, 0.717) is 0 Å². The summed E-state index contributed by atoms with van der Waals surface area (Å²) >= 11 is 0. The van der Waals surface area contributed by atoms with Gasteiger partial charge in [0.1, 0.15) is 0 Å². The van der Waals surface area contributed by atoms with E-state index >= 15 is 0 Å². The van der Waals surface area contributed by atoms with E-state index in [1.807, 2.05) is 0 Å². The van der Waals surface area contributed by atoms with Gasteiger partial charge < -0.3 is 19.8 Å². The molecule has 4 nitrogen and oxygen atoms in total. The minimum Gasteiger partial charge on any atom is -0.432 e. The fraction of sp³-hybridized carbons (Fsp3) is 1.00. The molecule has 0 rings (SSSR count). The number of hydrogen-bond donors (Lipinski definition) is 4. The van der Waals surface area contributed by atoms with Gasteiger partial charge in [-0.2, -0.15) is 0 Å². The van der Waals surface area contributed by atoms with E-state index < -0.39 is 16.6 Å². The fourth-order valence-corrected chi connectivity index (χ4v) is 10.6. The van der Waals surface area contributed by atoms with Gasteiger partial charge in [-0.05, 0) is 36.3 Å². The topological polar surface area (TPSA) is 80.9 Å². The van der Waals surface area contributed by atoms with Crippen molar-refractivity contribution in [3.05, 3.63) is 0 Å². The molecule has 0 aromatic carbocycles. The third-order valence-electron chi connectivity index (χ3n) is 4.29. The van der Waals surface area contributed by atoms with Crippen LogP contribution in [0, 0.1) is 0 Å². The molecular weight excluding hydrogens is 408 g/mol. The number of aliphatic hydroxyl groups is 2. The Morgan fingerprint density at radius 1 is 0.407 bits per heavy atom. The molecule has 4 N–H and O–H groups in total. The van der Waals surface area contributed by atoms with Crippen molar-refractivity contribution in [2.45, 2.75) is 116 Å². The first-order chi connectivity index (χ1) is 12.4. The van der Waals surface area contributed by atoms with Gasteiger partial charge in [0.15, 0.2) is 16.6 Å². The Balaban J connectivity index is -0.0000000975. The van der Waals surface area contributed by atoms with Gasteiger partial charge in [-0.15, -0.1) is 0 Å². The maximum absolute atomic E-state index is 10.2. The fourth-order valence-electron chi connectivity index (χ4n) is 3.54. The Morgan fingerprint density at radius 3 is 0.593 bits per heavy atom. The summed E-state index contributed by atoms with van der Waals surface area (Å²) in [5.41, 5.74) is 0. The molecule has 7 heteroatoms. The van der Waals surface area contributed by atoms with Crippen molar-refractivity contribution in [3.63, 3.8) is 0 Å². The van der Waals surface area contributed by atoms with E-state index in [2.05, 4.69) is 41.5 Å². The summed E-state index contributed by atoms with van der Waals surface area (Å²) in [6.07, 6.45) is 6.93. The van der Waals surface area contributed by atoms with Gasteiger partial charge >= 0.3 is 0 Å². The van der Waals surface area contributed by atoms with Crippen molar-refractivity contribution in [2.24, 2.45) is 0 Å². The normalized spacial score (nSPS) is 10.2. The Kier molecular flexibility index (Phi) is 41.7. The van der Waals surface area contributed by atoms with E-state index in [9.17, 15) is 9.59 Å². The molecule has 0 amide bonds. The summed E-state index contributed by atoms with van der Waals surface area (Å²) in [6, 6.07) is 6.64. The summed E-state index contributed by atoms with van der Waals surface area (Å²) in [5.74, 6) is 0. The average Bonchev–Trinajstić information content (AvgIpc) is 2.60. The second-order valence-electron chi connectivity index (χ2n) is 6.95. The van der Waals surface area contributed by atoms with Gasteiger partial charge in [0.25, 0.3) is 0 Å². The average molecular weight is 461 g/mol. The maximum atomic E-state index is 10.2. The summed E-state index contributed by atoms with van der Waals surface area (Å²) in [6.45, 7) is 13.0. The number of hydrogen-bond acceptors (Lipinski definition) is 4. The van der Waals surface area contributed by atoms with E-state index in [1.54, 1.807) is 0 Å². The third-order valence-corrected chi connectivity index (χ3v) is 12.9. The molecule has 0 heterocycles. The number of aliphatic hydroxyl groups excluding tert-OH is 2. The summed E-state index contributed by atoms with van der Waals surface area (Å²) in [4.78, 5) is 20.3. The van der Waals surface area contributed by atoms with Crippen LogP contribution in [0.2, 0.25) is 36.3 Å². The molecule has 27 heavy (non-hydrogen) atoms. The molecule has 0 saturated heterocycles. The Morgan fingerprint density at radius 2 is 0.519 bits per heavy atom. The largest absolute Gasteiger partial charge is 0.432 e. The van der Waals surface area contributed by atoms with Crippen LogP contribution in [-0.4, -0.2) is 50.7 Å². The van der Waals surface area contributed by atoms with Crippen LogP contribution in [0.1, 0.15) is 80.1 Å². The minimum absolute atomic E-state index is 0. The molecule has 0 aromatic rings. The van der Waals surface area contributed by atoms with Crippen LogP contribution in [0.4, 0.5) is 0 Å². The molecule has 0 fully saturated rings. The van der Waals surface area contributed by atoms with Gasteiger partial charge in [0.2, 0.25) is 0 Å². The van der Waals surface area contributed by atoms with Gasteiger partial charge in [-0.1, -0.05) is 80.1 Å². The molecule has 0 saturated carbocycles. The molecule has 0 aliphatic heterocycles. The molecule has 0 aliphatic rings. The first kappa shape index (κ1) is 38.6. The van der Waals surface area contributed by atoms with Crippen LogP contribution < -0.4 is 0 Å².